The molecule has 1 N–H and O–H groups in total. The van der Waals surface area contributed by atoms with E-state index >= 15 is 0 Å². The molecule has 4 heteroatoms. The normalized spacial score (nSPS) is 18.1. The van der Waals surface area contributed by atoms with Crippen molar-refractivity contribution in [3.8, 4) is 0 Å². The first-order chi connectivity index (χ1) is 7.40. The van der Waals surface area contributed by atoms with Gasteiger partial charge in [0.05, 0.1) is 6.61 Å². The number of hydrogen-bond acceptors (Lipinski definition) is 4. The summed E-state index contributed by atoms with van der Waals surface area (Å²) in [6.07, 6.45) is 1.70. The molecular weight excluding hydrogens is 190 g/mol. The molecule has 1 saturated heterocycles. The van der Waals surface area contributed by atoms with Crippen molar-refractivity contribution in [1.29, 1.82) is 0 Å². The average molecular weight is 206 g/mol. The van der Waals surface area contributed by atoms with Crippen LogP contribution in [0, 0.1) is 6.07 Å². The van der Waals surface area contributed by atoms with E-state index in [4.69, 9.17) is 5.11 Å². The molecule has 1 aliphatic rings. The van der Waals surface area contributed by atoms with E-state index in [-0.39, 0.29) is 6.61 Å². The first-order valence-electron chi connectivity index (χ1n) is 5.30. The molecular formula is C11H16N3O. The van der Waals surface area contributed by atoms with Crippen LogP contribution in [0.3, 0.4) is 0 Å². The van der Waals surface area contributed by atoms with Crippen molar-refractivity contribution in [2.45, 2.75) is 0 Å². The van der Waals surface area contributed by atoms with Crippen molar-refractivity contribution in [2.24, 2.45) is 0 Å². The van der Waals surface area contributed by atoms with Crippen LogP contribution in [0.25, 0.3) is 0 Å². The van der Waals surface area contributed by atoms with Gasteiger partial charge in [-0.15, -0.1) is 0 Å². The molecule has 2 heterocycles. The van der Waals surface area contributed by atoms with Gasteiger partial charge in [-0.3, -0.25) is 4.90 Å². The minimum absolute atomic E-state index is 0.249. The van der Waals surface area contributed by atoms with E-state index in [0.29, 0.717) is 0 Å². The summed E-state index contributed by atoms with van der Waals surface area (Å²) in [5, 5.41) is 8.83. The van der Waals surface area contributed by atoms with Gasteiger partial charge < -0.3 is 10.0 Å². The molecule has 4 nitrogen and oxygen atoms in total. The minimum atomic E-state index is 0.249. The zero-order valence-electron chi connectivity index (χ0n) is 8.76. The lowest BCUT2D eigenvalue weighted by molar-refractivity contribution is 0.188. The molecule has 15 heavy (non-hydrogen) atoms. The van der Waals surface area contributed by atoms with Gasteiger partial charge in [0.2, 0.25) is 0 Å². The molecule has 2 rings (SSSR count). The maximum absolute atomic E-state index is 8.83. The largest absolute Gasteiger partial charge is 0.395 e. The molecule has 0 unspecified atom stereocenters. The Bertz CT molecular complexity index is 283. The molecule has 1 aliphatic heterocycles. The molecule has 0 atom stereocenters. The van der Waals surface area contributed by atoms with Crippen molar-refractivity contribution in [2.75, 3.05) is 44.2 Å². The van der Waals surface area contributed by atoms with Gasteiger partial charge in [0.1, 0.15) is 5.82 Å². The Kier molecular flexibility index (Phi) is 3.53. The molecule has 1 fully saturated rings. The number of rotatable bonds is 3. The maximum atomic E-state index is 8.83. The van der Waals surface area contributed by atoms with Gasteiger partial charge in [0, 0.05) is 45.0 Å². The number of aromatic nitrogens is 1. The van der Waals surface area contributed by atoms with E-state index in [1.807, 2.05) is 12.1 Å². The Morgan fingerprint density at radius 3 is 2.73 bits per heavy atom. The highest BCUT2D eigenvalue weighted by Gasteiger charge is 2.16. The van der Waals surface area contributed by atoms with Crippen LogP contribution < -0.4 is 4.90 Å². The van der Waals surface area contributed by atoms with Crippen molar-refractivity contribution < 1.29 is 5.11 Å². The minimum Gasteiger partial charge on any atom is -0.395 e. The van der Waals surface area contributed by atoms with Gasteiger partial charge >= 0.3 is 0 Å². The van der Waals surface area contributed by atoms with Crippen molar-refractivity contribution in [1.82, 2.24) is 9.88 Å². The molecule has 0 saturated carbocycles. The van der Waals surface area contributed by atoms with Crippen LogP contribution in [-0.4, -0.2) is 54.3 Å². The third kappa shape index (κ3) is 2.67. The molecule has 0 aromatic carbocycles. The first kappa shape index (κ1) is 10.4. The average Bonchev–Trinajstić information content (AvgIpc) is 2.32. The predicted molar refractivity (Wildman–Crippen MR) is 58.8 cm³/mol. The SMILES string of the molecule is OCCN1CCN(c2cc[c]cn2)CC1. The summed E-state index contributed by atoms with van der Waals surface area (Å²) < 4.78 is 0. The van der Waals surface area contributed by atoms with Crippen molar-refractivity contribution in [3.63, 3.8) is 0 Å². The van der Waals surface area contributed by atoms with E-state index in [2.05, 4.69) is 20.9 Å². The summed E-state index contributed by atoms with van der Waals surface area (Å²) in [5.74, 6) is 1.03. The Balaban J connectivity index is 1.88. The number of β-amino-alcohol motifs (C(OH)–C–C–N with tert-alkyl or cyclic N) is 1. The summed E-state index contributed by atoms with van der Waals surface area (Å²) in [6.45, 7) is 5.00. The molecule has 0 spiro atoms. The highest BCUT2D eigenvalue weighted by molar-refractivity contribution is 5.37. The van der Waals surface area contributed by atoms with E-state index < -0.39 is 0 Å². The fourth-order valence-corrected chi connectivity index (χ4v) is 1.84. The van der Waals surface area contributed by atoms with Gasteiger partial charge in [-0.25, -0.2) is 4.98 Å². The standard InChI is InChI=1S/C11H16N3O/c15-10-9-13-5-7-14(8-6-13)11-3-1-2-4-12-11/h1,3-4,15H,5-10H2. The van der Waals surface area contributed by atoms with Crippen LogP contribution in [0.5, 0.6) is 0 Å². The molecule has 0 bridgehead atoms. The number of nitrogens with zero attached hydrogens (tertiary/aromatic N) is 3. The predicted octanol–water partition coefficient (Wildman–Crippen LogP) is -0.00391. The van der Waals surface area contributed by atoms with Crippen LogP contribution in [0.2, 0.25) is 0 Å². The fraction of sp³-hybridized carbons (Fsp3) is 0.545. The Morgan fingerprint density at radius 2 is 2.13 bits per heavy atom. The second-order valence-corrected chi connectivity index (χ2v) is 3.67. The molecule has 0 amide bonds. The summed E-state index contributed by atoms with van der Waals surface area (Å²) in [4.78, 5) is 8.81. The lowest BCUT2D eigenvalue weighted by Gasteiger charge is -2.34. The molecule has 1 radical (unpaired) electrons. The first-order valence-corrected chi connectivity index (χ1v) is 5.30. The van der Waals surface area contributed by atoms with Gasteiger partial charge in [-0.2, -0.15) is 0 Å². The number of pyridine rings is 1. The zero-order chi connectivity index (χ0) is 10.5. The van der Waals surface area contributed by atoms with Crippen LogP contribution >= 0.6 is 0 Å². The van der Waals surface area contributed by atoms with Gasteiger partial charge in [-0.1, -0.05) is 0 Å². The summed E-state index contributed by atoms with van der Waals surface area (Å²) in [7, 11) is 0. The van der Waals surface area contributed by atoms with Crippen molar-refractivity contribution >= 4 is 5.82 Å². The zero-order valence-corrected chi connectivity index (χ0v) is 8.76. The topological polar surface area (TPSA) is 39.6 Å². The second kappa shape index (κ2) is 5.09. The number of hydrogen-bond donors (Lipinski definition) is 1. The van der Waals surface area contributed by atoms with Crippen LogP contribution in [0.1, 0.15) is 0 Å². The highest BCUT2D eigenvalue weighted by atomic mass is 16.3. The number of aliphatic hydroxyl groups excluding tert-OH is 1. The van der Waals surface area contributed by atoms with Crippen LogP contribution in [0.15, 0.2) is 18.3 Å². The van der Waals surface area contributed by atoms with Crippen molar-refractivity contribution in [3.05, 3.63) is 24.4 Å². The number of aliphatic hydroxyl groups is 1. The van der Waals surface area contributed by atoms with Crippen LogP contribution in [0.4, 0.5) is 5.82 Å². The fourth-order valence-electron chi connectivity index (χ4n) is 1.84. The van der Waals surface area contributed by atoms with Gasteiger partial charge in [0.25, 0.3) is 0 Å². The van der Waals surface area contributed by atoms with E-state index in [1.165, 1.54) is 0 Å². The third-order valence-corrected chi connectivity index (χ3v) is 2.71. The lowest BCUT2D eigenvalue weighted by Crippen LogP contribution is -2.47. The van der Waals surface area contributed by atoms with Crippen LogP contribution in [-0.2, 0) is 0 Å². The summed E-state index contributed by atoms with van der Waals surface area (Å²) >= 11 is 0. The van der Waals surface area contributed by atoms with Gasteiger partial charge in [0.15, 0.2) is 0 Å². The second-order valence-electron chi connectivity index (χ2n) is 3.67. The Morgan fingerprint density at radius 1 is 1.33 bits per heavy atom. The monoisotopic (exact) mass is 206 g/mol. The van der Waals surface area contributed by atoms with E-state index in [9.17, 15) is 0 Å². The highest BCUT2D eigenvalue weighted by Crippen LogP contribution is 2.11. The van der Waals surface area contributed by atoms with Gasteiger partial charge in [-0.05, 0) is 12.1 Å². The Labute approximate surface area is 90.1 Å². The molecule has 1 aromatic rings. The molecule has 0 aliphatic carbocycles. The lowest BCUT2D eigenvalue weighted by atomic mass is 10.3. The maximum Gasteiger partial charge on any atom is 0.128 e. The smallest absolute Gasteiger partial charge is 0.128 e. The third-order valence-electron chi connectivity index (χ3n) is 2.71. The van der Waals surface area contributed by atoms with E-state index in [1.54, 1.807) is 6.20 Å². The Hall–Kier alpha value is -1.13. The summed E-state index contributed by atoms with van der Waals surface area (Å²) in [5.41, 5.74) is 0. The molecule has 81 valence electrons. The van der Waals surface area contributed by atoms with E-state index in [0.717, 1.165) is 38.5 Å². The number of piperazine rings is 1. The molecule has 1 aromatic heterocycles. The number of anilines is 1. The summed E-state index contributed by atoms with van der Waals surface area (Å²) in [6, 6.07) is 6.80. The quantitative estimate of drug-likeness (QED) is 0.755.